The molecule has 0 unspecified atom stereocenters. The first kappa shape index (κ1) is 22.7. The first-order valence-corrected chi connectivity index (χ1v) is 12.0. The van der Waals surface area contributed by atoms with Gasteiger partial charge in [-0.25, -0.2) is 0 Å². The Morgan fingerprint density at radius 3 is 2.40 bits per heavy atom. The molecule has 2 aromatic carbocycles. The van der Waals surface area contributed by atoms with Gasteiger partial charge in [0.2, 0.25) is 11.8 Å². The van der Waals surface area contributed by atoms with E-state index in [-0.39, 0.29) is 17.9 Å². The number of carbonyl (C=O) groups excluding carboxylic acids is 2. The Morgan fingerprint density at radius 1 is 1.07 bits per heavy atom. The summed E-state index contributed by atoms with van der Waals surface area (Å²) in [4.78, 5) is 27.6. The standard InChI is InChI=1S/C24H29ClN2O2S/c1-18(24(29)26-22-9-5-6-10-22)27(15-19-7-3-2-4-8-19)23(28)17-30-16-20-11-13-21(25)14-12-20/h2-4,7-8,11-14,18,22H,5-6,9-10,15-17H2,1H3,(H,26,29)/t18-/m1/s1. The van der Waals surface area contributed by atoms with Crippen LogP contribution < -0.4 is 5.32 Å². The second-order valence-electron chi connectivity index (χ2n) is 7.79. The number of nitrogens with one attached hydrogen (secondary N) is 1. The Morgan fingerprint density at radius 2 is 1.73 bits per heavy atom. The quantitative estimate of drug-likeness (QED) is 0.588. The lowest BCUT2D eigenvalue weighted by atomic mass is 10.1. The van der Waals surface area contributed by atoms with E-state index in [9.17, 15) is 9.59 Å². The third-order valence-corrected chi connectivity index (χ3v) is 6.71. The van der Waals surface area contributed by atoms with E-state index in [0.29, 0.717) is 17.3 Å². The molecule has 30 heavy (non-hydrogen) atoms. The highest BCUT2D eigenvalue weighted by Crippen LogP contribution is 2.20. The molecule has 2 amide bonds. The number of nitrogens with zero attached hydrogens (tertiary/aromatic N) is 1. The van der Waals surface area contributed by atoms with Gasteiger partial charge in [0.25, 0.3) is 0 Å². The lowest BCUT2D eigenvalue weighted by Crippen LogP contribution is -2.50. The minimum atomic E-state index is -0.505. The molecule has 0 spiro atoms. The fourth-order valence-corrected chi connectivity index (χ4v) is 4.67. The van der Waals surface area contributed by atoms with Crippen molar-refractivity contribution in [3.8, 4) is 0 Å². The largest absolute Gasteiger partial charge is 0.352 e. The van der Waals surface area contributed by atoms with Crippen LogP contribution in [0.5, 0.6) is 0 Å². The molecule has 0 bridgehead atoms. The summed E-state index contributed by atoms with van der Waals surface area (Å²) in [5.41, 5.74) is 2.15. The lowest BCUT2D eigenvalue weighted by molar-refractivity contribution is -0.138. The molecule has 0 heterocycles. The van der Waals surface area contributed by atoms with E-state index in [0.717, 1.165) is 42.6 Å². The van der Waals surface area contributed by atoms with Crippen LogP contribution in [0.2, 0.25) is 5.02 Å². The molecule has 2 aromatic rings. The predicted molar refractivity (Wildman–Crippen MR) is 124 cm³/mol. The fourth-order valence-electron chi connectivity index (χ4n) is 3.67. The molecule has 1 aliphatic rings. The van der Waals surface area contributed by atoms with E-state index >= 15 is 0 Å². The molecule has 0 aromatic heterocycles. The minimum absolute atomic E-state index is 0.0214. The number of carbonyl (C=O) groups is 2. The van der Waals surface area contributed by atoms with Gasteiger partial charge in [-0.1, -0.05) is 66.9 Å². The average molecular weight is 445 g/mol. The number of hydrogen-bond donors (Lipinski definition) is 1. The minimum Gasteiger partial charge on any atom is -0.352 e. The monoisotopic (exact) mass is 444 g/mol. The molecule has 0 radical (unpaired) electrons. The molecular formula is C24H29ClN2O2S. The van der Waals surface area contributed by atoms with E-state index < -0.39 is 6.04 Å². The van der Waals surface area contributed by atoms with Gasteiger partial charge in [-0.05, 0) is 43.0 Å². The summed E-state index contributed by atoms with van der Waals surface area (Å²) in [6, 6.07) is 17.2. The van der Waals surface area contributed by atoms with Crippen LogP contribution in [-0.4, -0.2) is 34.6 Å². The Kier molecular flexibility index (Phi) is 8.64. The highest BCUT2D eigenvalue weighted by Gasteiger charge is 2.28. The van der Waals surface area contributed by atoms with E-state index in [1.54, 1.807) is 16.7 Å². The molecule has 6 heteroatoms. The maximum absolute atomic E-state index is 13.1. The summed E-state index contributed by atoms with van der Waals surface area (Å²) in [5.74, 6) is 0.974. The second kappa shape index (κ2) is 11.4. The van der Waals surface area contributed by atoms with E-state index in [1.807, 2.05) is 61.5 Å². The summed E-state index contributed by atoms with van der Waals surface area (Å²) in [6.07, 6.45) is 4.38. The van der Waals surface area contributed by atoms with Crippen molar-refractivity contribution in [2.45, 2.75) is 57.0 Å². The summed E-state index contributed by atoms with van der Waals surface area (Å²) < 4.78 is 0. The van der Waals surface area contributed by atoms with Crippen molar-refractivity contribution in [2.24, 2.45) is 0 Å². The maximum Gasteiger partial charge on any atom is 0.242 e. The van der Waals surface area contributed by atoms with Crippen molar-refractivity contribution in [2.75, 3.05) is 5.75 Å². The van der Waals surface area contributed by atoms with E-state index in [2.05, 4.69) is 5.32 Å². The molecule has 1 atom stereocenters. The van der Waals surface area contributed by atoms with Crippen molar-refractivity contribution < 1.29 is 9.59 Å². The summed E-state index contributed by atoms with van der Waals surface area (Å²) in [7, 11) is 0. The molecule has 1 fully saturated rings. The average Bonchev–Trinajstić information content (AvgIpc) is 3.26. The van der Waals surface area contributed by atoms with E-state index in [4.69, 9.17) is 11.6 Å². The second-order valence-corrected chi connectivity index (χ2v) is 9.21. The molecular weight excluding hydrogens is 416 g/mol. The molecule has 1 saturated carbocycles. The Bertz CT molecular complexity index is 823. The topological polar surface area (TPSA) is 49.4 Å². The van der Waals surface area contributed by atoms with Gasteiger partial charge in [0.15, 0.2) is 0 Å². The molecule has 4 nitrogen and oxygen atoms in total. The van der Waals surface area contributed by atoms with Gasteiger partial charge in [-0.2, -0.15) is 0 Å². The molecule has 1 aliphatic carbocycles. The highest BCUT2D eigenvalue weighted by molar-refractivity contribution is 7.99. The first-order chi connectivity index (χ1) is 14.5. The number of benzene rings is 2. The van der Waals surface area contributed by atoms with Gasteiger partial charge < -0.3 is 10.2 Å². The molecule has 0 saturated heterocycles. The number of hydrogen-bond acceptors (Lipinski definition) is 3. The molecule has 3 rings (SSSR count). The predicted octanol–water partition coefficient (Wildman–Crippen LogP) is 5.05. The zero-order chi connectivity index (χ0) is 21.3. The molecule has 0 aliphatic heterocycles. The summed E-state index contributed by atoms with van der Waals surface area (Å²) >= 11 is 7.49. The van der Waals surface area contributed by atoms with Crippen LogP contribution in [0.4, 0.5) is 0 Å². The van der Waals surface area contributed by atoms with Crippen LogP contribution in [0.3, 0.4) is 0 Å². The van der Waals surface area contributed by atoms with Crippen LogP contribution in [0, 0.1) is 0 Å². The lowest BCUT2D eigenvalue weighted by Gasteiger charge is -2.29. The van der Waals surface area contributed by atoms with Crippen LogP contribution in [0.1, 0.15) is 43.7 Å². The third kappa shape index (κ3) is 6.78. The normalized spacial score (nSPS) is 15.0. The highest BCUT2D eigenvalue weighted by atomic mass is 35.5. The number of halogens is 1. The number of thioether (sulfide) groups is 1. The number of amides is 2. The number of rotatable bonds is 9. The molecule has 160 valence electrons. The van der Waals surface area contributed by atoms with Gasteiger partial charge in [0.1, 0.15) is 6.04 Å². The van der Waals surface area contributed by atoms with Crippen molar-refractivity contribution in [3.63, 3.8) is 0 Å². The van der Waals surface area contributed by atoms with Crippen LogP contribution in [-0.2, 0) is 21.9 Å². The zero-order valence-electron chi connectivity index (χ0n) is 17.4. The third-order valence-electron chi connectivity index (χ3n) is 5.47. The van der Waals surface area contributed by atoms with Gasteiger partial charge in [0.05, 0.1) is 5.75 Å². The van der Waals surface area contributed by atoms with Crippen LogP contribution in [0.15, 0.2) is 54.6 Å². The SMILES string of the molecule is C[C@H](C(=O)NC1CCCC1)N(Cc1ccccc1)C(=O)CSCc1ccc(Cl)cc1. The van der Waals surface area contributed by atoms with Crippen LogP contribution >= 0.6 is 23.4 Å². The fraction of sp³-hybridized carbons (Fsp3) is 0.417. The van der Waals surface area contributed by atoms with E-state index in [1.165, 1.54) is 0 Å². The van der Waals surface area contributed by atoms with Crippen molar-refractivity contribution >= 4 is 35.2 Å². The van der Waals surface area contributed by atoms with Gasteiger partial charge in [-0.15, -0.1) is 11.8 Å². The van der Waals surface area contributed by atoms with Crippen molar-refractivity contribution in [3.05, 3.63) is 70.7 Å². The van der Waals surface area contributed by atoms with Crippen molar-refractivity contribution in [1.82, 2.24) is 10.2 Å². The smallest absolute Gasteiger partial charge is 0.242 e. The first-order valence-electron chi connectivity index (χ1n) is 10.5. The Labute approximate surface area is 188 Å². The Balaban J connectivity index is 1.62. The van der Waals surface area contributed by atoms with Crippen LogP contribution in [0.25, 0.3) is 0 Å². The van der Waals surface area contributed by atoms with Gasteiger partial charge in [-0.3, -0.25) is 9.59 Å². The Hall–Kier alpha value is -1.98. The summed E-state index contributed by atoms with van der Waals surface area (Å²) in [6.45, 7) is 2.26. The van der Waals surface area contributed by atoms with Crippen molar-refractivity contribution in [1.29, 1.82) is 0 Å². The summed E-state index contributed by atoms with van der Waals surface area (Å²) in [5, 5.41) is 3.84. The zero-order valence-corrected chi connectivity index (χ0v) is 18.9. The molecule has 1 N–H and O–H groups in total. The maximum atomic E-state index is 13.1. The van der Waals surface area contributed by atoms with Gasteiger partial charge in [0, 0.05) is 23.4 Å². The van der Waals surface area contributed by atoms with Gasteiger partial charge >= 0.3 is 0 Å².